The second-order valence-corrected chi connectivity index (χ2v) is 12.0. The van der Waals surface area contributed by atoms with Crippen LogP contribution in [0.2, 0.25) is 6.55 Å². The predicted molar refractivity (Wildman–Crippen MR) is 123 cm³/mol. The molecule has 0 bridgehead atoms. The first-order valence-corrected chi connectivity index (χ1v) is 14.2. The van der Waals surface area contributed by atoms with E-state index in [-0.39, 0.29) is 0 Å². The van der Waals surface area contributed by atoms with Gasteiger partial charge < -0.3 is 9.13 Å². The minimum atomic E-state index is -1.75. The summed E-state index contributed by atoms with van der Waals surface area (Å²) in [5.41, 5.74) is 2.38. The van der Waals surface area contributed by atoms with E-state index in [1.807, 2.05) is 0 Å². The molecule has 0 aromatic heterocycles. The molecule has 0 atom stereocenters. The number of hydrogen-bond acceptors (Lipinski definition) is 2. The Kier molecular flexibility index (Phi) is 16.9. The molecule has 0 radical (unpaired) electrons. The zero-order valence-electron chi connectivity index (χ0n) is 19.0. The molecule has 0 heterocycles. The lowest BCUT2D eigenvalue weighted by Gasteiger charge is -2.45. The molecule has 0 aromatic carbocycles. The fourth-order valence-corrected chi connectivity index (χ4v) is 7.16. The van der Waals surface area contributed by atoms with Crippen molar-refractivity contribution in [2.75, 3.05) is 26.2 Å². The van der Waals surface area contributed by atoms with E-state index in [0.29, 0.717) is 0 Å². The molecule has 0 aliphatic heterocycles. The SMILES string of the molecule is C=C[Si](C)(N(CCCCC)CCCCC)N(CCCCC)CCCCC. The minimum Gasteiger partial charge on any atom is -0.309 e. The Balaban J connectivity index is 5.18. The quantitative estimate of drug-likeness (QED) is 0.173. The molecule has 0 amide bonds. The van der Waals surface area contributed by atoms with Gasteiger partial charge in [-0.25, -0.2) is 0 Å². The van der Waals surface area contributed by atoms with Gasteiger partial charge in [0, 0.05) is 0 Å². The highest BCUT2D eigenvalue weighted by molar-refractivity contribution is 6.78. The van der Waals surface area contributed by atoms with E-state index >= 15 is 0 Å². The lowest BCUT2D eigenvalue weighted by molar-refractivity contribution is 0.310. The van der Waals surface area contributed by atoms with Crippen LogP contribution in [0.4, 0.5) is 0 Å². The molecule has 26 heavy (non-hydrogen) atoms. The van der Waals surface area contributed by atoms with Crippen molar-refractivity contribution in [3.8, 4) is 0 Å². The lowest BCUT2D eigenvalue weighted by atomic mass is 10.2. The van der Waals surface area contributed by atoms with Crippen LogP contribution in [-0.4, -0.2) is 43.7 Å². The smallest absolute Gasteiger partial charge is 0.228 e. The molecule has 3 heteroatoms. The summed E-state index contributed by atoms with van der Waals surface area (Å²) in [4.78, 5) is 0. The van der Waals surface area contributed by atoms with Crippen molar-refractivity contribution in [2.24, 2.45) is 0 Å². The molecule has 0 N–H and O–H groups in total. The summed E-state index contributed by atoms with van der Waals surface area (Å²) >= 11 is 0. The van der Waals surface area contributed by atoms with Crippen LogP contribution in [0.15, 0.2) is 12.3 Å². The third-order valence-electron chi connectivity index (χ3n) is 5.79. The molecule has 0 saturated carbocycles. The van der Waals surface area contributed by atoms with Crippen LogP contribution >= 0.6 is 0 Å². The first kappa shape index (κ1) is 25.9. The summed E-state index contributed by atoms with van der Waals surface area (Å²) in [6, 6.07) is 0. The van der Waals surface area contributed by atoms with Gasteiger partial charge >= 0.3 is 0 Å². The van der Waals surface area contributed by atoms with Gasteiger partial charge in [-0.3, -0.25) is 0 Å². The van der Waals surface area contributed by atoms with Crippen LogP contribution in [-0.2, 0) is 0 Å². The monoisotopic (exact) mass is 382 g/mol. The lowest BCUT2D eigenvalue weighted by Crippen LogP contribution is -2.63. The summed E-state index contributed by atoms with van der Waals surface area (Å²) in [5, 5.41) is 0. The summed E-state index contributed by atoms with van der Waals surface area (Å²) in [6.07, 6.45) is 16.1. The fraction of sp³-hybridized carbons (Fsp3) is 0.913. The van der Waals surface area contributed by atoms with Gasteiger partial charge in [-0.2, -0.15) is 0 Å². The third kappa shape index (κ3) is 10.3. The average molecular weight is 383 g/mol. The molecule has 0 saturated heterocycles. The van der Waals surface area contributed by atoms with Crippen LogP contribution in [0.25, 0.3) is 0 Å². The molecular weight excluding hydrogens is 332 g/mol. The molecular formula is C23H50N2Si. The topological polar surface area (TPSA) is 6.48 Å². The van der Waals surface area contributed by atoms with Gasteiger partial charge in [0.15, 0.2) is 0 Å². The first-order valence-electron chi connectivity index (χ1n) is 11.7. The maximum Gasteiger partial charge on any atom is 0.228 e. The van der Waals surface area contributed by atoms with Crippen molar-refractivity contribution >= 4 is 8.40 Å². The Labute approximate surface area is 167 Å². The van der Waals surface area contributed by atoms with Crippen molar-refractivity contribution in [3.63, 3.8) is 0 Å². The summed E-state index contributed by atoms with van der Waals surface area (Å²) in [7, 11) is -1.75. The number of rotatable bonds is 19. The average Bonchev–Trinajstić information content (AvgIpc) is 2.65. The molecule has 156 valence electrons. The normalized spacial score (nSPS) is 12.3. The van der Waals surface area contributed by atoms with E-state index in [0.717, 1.165) is 0 Å². The molecule has 2 nitrogen and oxygen atoms in total. The van der Waals surface area contributed by atoms with Crippen LogP contribution in [0.1, 0.15) is 105 Å². The molecule has 0 aromatic rings. The Bertz CT molecular complexity index is 275. The van der Waals surface area contributed by atoms with E-state index in [9.17, 15) is 0 Å². The summed E-state index contributed by atoms with van der Waals surface area (Å²) in [6.45, 7) is 21.3. The maximum atomic E-state index is 4.37. The number of nitrogens with zero attached hydrogens (tertiary/aromatic N) is 2. The second kappa shape index (κ2) is 17.0. The third-order valence-corrected chi connectivity index (χ3v) is 10.0. The largest absolute Gasteiger partial charge is 0.309 e. The molecule has 0 aliphatic rings. The van der Waals surface area contributed by atoms with Crippen LogP contribution < -0.4 is 0 Å². The minimum absolute atomic E-state index is 1.27. The summed E-state index contributed by atoms with van der Waals surface area (Å²) in [5.74, 6) is 0. The molecule has 0 fully saturated rings. The van der Waals surface area contributed by atoms with Gasteiger partial charge in [-0.15, -0.1) is 6.58 Å². The van der Waals surface area contributed by atoms with E-state index in [1.165, 1.54) is 103 Å². The van der Waals surface area contributed by atoms with Crippen molar-refractivity contribution in [1.82, 2.24) is 9.13 Å². The zero-order chi connectivity index (χ0) is 19.7. The Hall–Kier alpha value is -0.123. The zero-order valence-corrected chi connectivity index (χ0v) is 20.0. The van der Waals surface area contributed by atoms with Gasteiger partial charge in [0.05, 0.1) is 0 Å². The van der Waals surface area contributed by atoms with E-state index in [1.54, 1.807) is 0 Å². The molecule has 0 spiro atoms. The van der Waals surface area contributed by atoms with Gasteiger partial charge in [0.1, 0.15) is 0 Å². The highest BCUT2D eigenvalue weighted by Gasteiger charge is 2.37. The van der Waals surface area contributed by atoms with Gasteiger partial charge in [-0.1, -0.05) is 84.8 Å². The van der Waals surface area contributed by atoms with Gasteiger partial charge in [0.25, 0.3) is 0 Å². The standard InChI is InChI=1S/C23H50N2Si/c1-7-12-16-20-24(21-17-13-8-2)26(6,11-5)25(22-18-14-9-3)23-19-15-10-4/h11H,5,7-10,12-23H2,1-4,6H3. The Morgan fingerprint density at radius 2 is 0.846 bits per heavy atom. The number of unbranched alkanes of at least 4 members (excludes halogenated alkanes) is 8. The highest BCUT2D eigenvalue weighted by Crippen LogP contribution is 2.21. The van der Waals surface area contributed by atoms with Gasteiger partial charge in [-0.05, 0) is 58.4 Å². The molecule has 0 aliphatic carbocycles. The van der Waals surface area contributed by atoms with Crippen LogP contribution in [0.5, 0.6) is 0 Å². The predicted octanol–water partition coefficient (Wildman–Crippen LogP) is 7.15. The van der Waals surface area contributed by atoms with Crippen LogP contribution in [0, 0.1) is 0 Å². The van der Waals surface area contributed by atoms with Gasteiger partial charge in [0.2, 0.25) is 8.40 Å². The highest BCUT2D eigenvalue weighted by atomic mass is 28.3. The Morgan fingerprint density at radius 1 is 0.577 bits per heavy atom. The second-order valence-electron chi connectivity index (χ2n) is 8.10. The van der Waals surface area contributed by atoms with Crippen LogP contribution in [0.3, 0.4) is 0 Å². The van der Waals surface area contributed by atoms with E-state index in [4.69, 9.17) is 0 Å². The first-order chi connectivity index (χ1) is 12.6. The van der Waals surface area contributed by atoms with Crippen molar-refractivity contribution in [2.45, 2.75) is 111 Å². The fourth-order valence-electron chi connectivity index (χ4n) is 3.80. The van der Waals surface area contributed by atoms with Crippen molar-refractivity contribution < 1.29 is 0 Å². The van der Waals surface area contributed by atoms with E-state index < -0.39 is 8.40 Å². The molecule has 0 unspecified atom stereocenters. The molecule has 0 rings (SSSR count). The summed E-state index contributed by atoms with van der Waals surface area (Å²) < 4.78 is 5.76. The maximum absolute atomic E-state index is 4.37. The number of hydrogen-bond donors (Lipinski definition) is 0. The van der Waals surface area contributed by atoms with Crippen molar-refractivity contribution in [1.29, 1.82) is 0 Å². The van der Waals surface area contributed by atoms with Crippen molar-refractivity contribution in [3.05, 3.63) is 12.3 Å². The Morgan fingerprint density at radius 3 is 1.04 bits per heavy atom. The van der Waals surface area contributed by atoms with E-state index in [2.05, 4.69) is 55.7 Å².